The molecular weight excluding hydrogens is 220 g/mol. The lowest BCUT2D eigenvalue weighted by atomic mass is 10.3. The Balaban J connectivity index is 2.23. The van der Waals surface area contributed by atoms with Gasteiger partial charge in [-0.25, -0.2) is 9.97 Å². The number of hydrogen-bond donors (Lipinski definition) is 2. The summed E-state index contributed by atoms with van der Waals surface area (Å²) in [5, 5.41) is 2.73. The number of thiophene rings is 1. The minimum Gasteiger partial charge on any atom is -0.390 e. The third-order valence-corrected chi connectivity index (χ3v) is 3.18. The van der Waals surface area contributed by atoms with Crippen molar-refractivity contribution in [2.75, 3.05) is 5.73 Å². The summed E-state index contributed by atoms with van der Waals surface area (Å²) in [7, 11) is 0. The molecule has 4 nitrogen and oxygen atoms in total. The summed E-state index contributed by atoms with van der Waals surface area (Å²) in [4.78, 5) is 12.0. The molecule has 0 aromatic carbocycles. The normalized spacial score (nSPS) is 11.1. The van der Waals surface area contributed by atoms with Crippen LogP contribution in [0.1, 0.15) is 5.69 Å². The van der Waals surface area contributed by atoms with Gasteiger partial charge in [0, 0.05) is 5.69 Å². The number of H-pyrrole nitrogens is 1. The topological polar surface area (TPSA) is 67.6 Å². The van der Waals surface area contributed by atoms with Crippen molar-refractivity contribution < 1.29 is 0 Å². The average molecular weight is 230 g/mol. The van der Waals surface area contributed by atoms with E-state index in [1.54, 1.807) is 0 Å². The van der Waals surface area contributed by atoms with Gasteiger partial charge in [-0.2, -0.15) is 0 Å². The number of nitrogen functional groups attached to an aromatic ring is 1. The molecule has 3 rings (SSSR count). The molecule has 16 heavy (non-hydrogen) atoms. The molecule has 5 heteroatoms. The Labute approximate surface area is 96.2 Å². The van der Waals surface area contributed by atoms with Crippen molar-refractivity contribution in [3.05, 3.63) is 29.3 Å². The van der Waals surface area contributed by atoms with Gasteiger partial charge in [0.25, 0.3) is 0 Å². The van der Waals surface area contributed by atoms with Gasteiger partial charge >= 0.3 is 0 Å². The van der Waals surface area contributed by atoms with Crippen molar-refractivity contribution >= 4 is 27.5 Å². The van der Waals surface area contributed by atoms with Crippen LogP contribution in [0.5, 0.6) is 0 Å². The second kappa shape index (κ2) is 3.31. The number of aromatic nitrogens is 3. The second-order valence-corrected chi connectivity index (χ2v) is 4.56. The first-order valence-corrected chi connectivity index (χ1v) is 5.79. The maximum Gasteiger partial charge on any atom is 0.178 e. The number of anilines is 1. The second-order valence-electron chi connectivity index (χ2n) is 3.61. The number of hydrogen-bond acceptors (Lipinski definition) is 4. The molecule has 3 N–H and O–H groups in total. The zero-order chi connectivity index (χ0) is 11.1. The van der Waals surface area contributed by atoms with Gasteiger partial charge in [0.1, 0.15) is 5.82 Å². The predicted octanol–water partition coefficient (Wildman–Crippen LogP) is 2.58. The van der Waals surface area contributed by atoms with Crippen LogP contribution in [0.2, 0.25) is 0 Å². The van der Waals surface area contributed by atoms with Crippen LogP contribution in [0.15, 0.2) is 23.6 Å². The van der Waals surface area contributed by atoms with E-state index in [2.05, 4.69) is 15.0 Å². The van der Waals surface area contributed by atoms with E-state index >= 15 is 0 Å². The molecule has 0 atom stereocenters. The SMILES string of the molecule is Cc1ccc2[nH]c(-c3ccsc3N)nc2n1. The quantitative estimate of drug-likeness (QED) is 0.675. The Kier molecular flexibility index (Phi) is 1.94. The molecule has 3 aromatic heterocycles. The van der Waals surface area contributed by atoms with Gasteiger partial charge in [-0.1, -0.05) is 0 Å². The number of fused-ring (bicyclic) bond motifs is 1. The summed E-state index contributed by atoms with van der Waals surface area (Å²) < 4.78 is 0. The lowest BCUT2D eigenvalue weighted by Gasteiger charge is -1.91. The minimum atomic E-state index is 0.737. The molecule has 0 unspecified atom stereocenters. The Morgan fingerprint density at radius 2 is 2.12 bits per heavy atom. The zero-order valence-electron chi connectivity index (χ0n) is 8.69. The molecule has 0 aliphatic heterocycles. The van der Waals surface area contributed by atoms with Crippen LogP contribution in [-0.2, 0) is 0 Å². The Morgan fingerprint density at radius 3 is 2.88 bits per heavy atom. The number of nitrogens with two attached hydrogens (primary N) is 1. The molecule has 3 aromatic rings. The van der Waals surface area contributed by atoms with Crippen LogP contribution in [0.3, 0.4) is 0 Å². The molecule has 0 aliphatic carbocycles. The number of nitrogens with zero attached hydrogens (tertiary/aromatic N) is 2. The van der Waals surface area contributed by atoms with E-state index in [1.807, 2.05) is 30.5 Å². The number of pyridine rings is 1. The molecular formula is C11H10N4S. The number of rotatable bonds is 1. The van der Waals surface area contributed by atoms with Gasteiger partial charge in [0.05, 0.1) is 16.1 Å². The predicted molar refractivity (Wildman–Crippen MR) is 66.4 cm³/mol. The largest absolute Gasteiger partial charge is 0.390 e. The summed E-state index contributed by atoms with van der Waals surface area (Å²) >= 11 is 1.51. The first kappa shape index (κ1) is 9.35. The fraction of sp³-hybridized carbons (Fsp3) is 0.0909. The van der Waals surface area contributed by atoms with Gasteiger partial charge < -0.3 is 10.7 Å². The van der Waals surface area contributed by atoms with Gasteiger partial charge in [-0.3, -0.25) is 0 Å². The van der Waals surface area contributed by atoms with Gasteiger partial charge in [-0.05, 0) is 30.5 Å². The third kappa shape index (κ3) is 1.37. The number of aryl methyl sites for hydroxylation is 1. The molecule has 0 saturated carbocycles. The lowest BCUT2D eigenvalue weighted by molar-refractivity contribution is 1.22. The molecule has 0 bridgehead atoms. The van der Waals surface area contributed by atoms with Crippen molar-refractivity contribution in [1.82, 2.24) is 15.0 Å². The molecule has 0 aliphatic rings. The van der Waals surface area contributed by atoms with E-state index in [9.17, 15) is 0 Å². The van der Waals surface area contributed by atoms with Crippen LogP contribution < -0.4 is 5.73 Å². The number of nitrogens with one attached hydrogen (secondary N) is 1. The van der Waals surface area contributed by atoms with E-state index < -0.39 is 0 Å². The van der Waals surface area contributed by atoms with Crippen molar-refractivity contribution in [3.8, 4) is 11.4 Å². The van der Waals surface area contributed by atoms with E-state index in [-0.39, 0.29) is 0 Å². The van der Waals surface area contributed by atoms with E-state index in [4.69, 9.17) is 5.73 Å². The molecule has 3 heterocycles. The maximum atomic E-state index is 5.86. The highest BCUT2D eigenvalue weighted by Gasteiger charge is 2.09. The highest BCUT2D eigenvalue weighted by molar-refractivity contribution is 7.14. The third-order valence-electron chi connectivity index (χ3n) is 2.44. The summed E-state index contributed by atoms with van der Waals surface area (Å²) in [6.45, 7) is 1.95. The van der Waals surface area contributed by atoms with Gasteiger partial charge in [0.2, 0.25) is 0 Å². The van der Waals surface area contributed by atoms with E-state index in [1.165, 1.54) is 11.3 Å². The van der Waals surface area contributed by atoms with E-state index in [0.29, 0.717) is 0 Å². The minimum absolute atomic E-state index is 0.737. The summed E-state index contributed by atoms with van der Waals surface area (Å²) in [6.07, 6.45) is 0. The molecule has 0 radical (unpaired) electrons. The van der Waals surface area contributed by atoms with Gasteiger partial charge in [0.15, 0.2) is 5.65 Å². The Hall–Kier alpha value is -1.88. The van der Waals surface area contributed by atoms with Crippen molar-refractivity contribution in [2.45, 2.75) is 6.92 Å². The lowest BCUT2D eigenvalue weighted by Crippen LogP contribution is -1.84. The molecule has 0 fully saturated rings. The molecule has 0 amide bonds. The van der Waals surface area contributed by atoms with Crippen LogP contribution in [0, 0.1) is 6.92 Å². The molecule has 0 saturated heterocycles. The first-order valence-electron chi connectivity index (χ1n) is 4.91. The van der Waals surface area contributed by atoms with Gasteiger partial charge in [-0.15, -0.1) is 11.3 Å². The smallest absolute Gasteiger partial charge is 0.178 e. The molecule has 0 spiro atoms. The number of aromatic amines is 1. The Morgan fingerprint density at radius 1 is 1.25 bits per heavy atom. The molecule has 80 valence electrons. The average Bonchev–Trinajstić information content (AvgIpc) is 2.82. The van der Waals surface area contributed by atoms with Crippen molar-refractivity contribution in [2.24, 2.45) is 0 Å². The summed E-state index contributed by atoms with van der Waals surface area (Å²) in [5.74, 6) is 0.784. The summed E-state index contributed by atoms with van der Waals surface area (Å²) in [6, 6.07) is 5.91. The summed E-state index contributed by atoms with van der Waals surface area (Å²) in [5.41, 5.74) is 9.44. The first-order chi connectivity index (χ1) is 7.74. The standard InChI is InChI=1S/C11H10N4S/c1-6-2-3-8-11(13-6)15-10(14-8)7-4-5-16-9(7)12/h2-5H,12H2,1H3,(H,13,14,15). The Bertz CT molecular complexity index is 653. The highest BCUT2D eigenvalue weighted by Crippen LogP contribution is 2.29. The monoisotopic (exact) mass is 230 g/mol. The van der Waals surface area contributed by atoms with Crippen LogP contribution in [0.25, 0.3) is 22.6 Å². The highest BCUT2D eigenvalue weighted by atomic mass is 32.1. The fourth-order valence-corrected chi connectivity index (χ4v) is 2.27. The van der Waals surface area contributed by atoms with E-state index in [0.717, 1.165) is 33.2 Å². The number of imidazole rings is 1. The van der Waals surface area contributed by atoms with Crippen LogP contribution >= 0.6 is 11.3 Å². The van der Waals surface area contributed by atoms with Crippen molar-refractivity contribution in [1.29, 1.82) is 0 Å². The van der Waals surface area contributed by atoms with Crippen molar-refractivity contribution in [3.63, 3.8) is 0 Å². The van der Waals surface area contributed by atoms with Crippen LogP contribution in [0.4, 0.5) is 5.00 Å². The van der Waals surface area contributed by atoms with Crippen LogP contribution in [-0.4, -0.2) is 15.0 Å². The fourth-order valence-electron chi connectivity index (χ4n) is 1.63. The zero-order valence-corrected chi connectivity index (χ0v) is 9.51. The maximum absolute atomic E-state index is 5.86.